The average Bonchev–Trinajstić information content (AvgIpc) is 2.16. The van der Waals surface area contributed by atoms with E-state index >= 15 is 0 Å². The van der Waals surface area contributed by atoms with Gasteiger partial charge in [0.15, 0.2) is 0 Å². The minimum atomic E-state index is -1.25. The van der Waals surface area contributed by atoms with Gasteiger partial charge in [-0.05, 0) is 31.7 Å². The summed E-state index contributed by atoms with van der Waals surface area (Å²) in [7, 11) is -1.25. The Bertz CT molecular complexity index is 260. The van der Waals surface area contributed by atoms with E-state index in [0.717, 1.165) is 18.9 Å². The molecule has 0 saturated heterocycles. The molecule has 2 nitrogen and oxygen atoms in total. The smallest absolute Gasteiger partial charge is 0.333 e. The summed E-state index contributed by atoms with van der Waals surface area (Å²) in [5.41, 5.74) is 0.671. The Morgan fingerprint density at radius 3 is 2.31 bits per heavy atom. The molecule has 0 aliphatic heterocycles. The molecular formula is C13H24O2Si. The Morgan fingerprint density at radius 2 is 1.81 bits per heavy atom. The maximum Gasteiger partial charge on any atom is 0.333 e. The van der Waals surface area contributed by atoms with Crippen molar-refractivity contribution in [2.24, 2.45) is 0 Å². The molecule has 0 aromatic rings. The molecule has 1 saturated carbocycles. The van der Waals surface area contributed by atoms with Crippen LogP contribution in [0.4, 0.5) is 0 Å². The highest BCUT2D eigenvalue weighted by molar-refractivity contribution is 6.77. The molecule has 1 aliphatic carbocycles. The third-order valence-corrected chi connectivity index (χ3v) is 4.35. The Morgan fingerprint density at radius 1 is 1.25 bits per heavy atom. The number of carbonyl (C=O) groups is 1. The molecule has 1 rings (SSSR count). The summed E-state index contributed by atoms with van der Waals surface area (Å²) < 4.78 is 5.48. The predicted octanol–water partition coefficient (Wildman–Crippen LogP) is 3.76. The molecule has 0 amide bonds. The van der Waals surface area contributed by atoms with E-state index in [-0.39, 0.29) is 12.1 Å². The number of hydrogen-bond donors (Lipinski definition) is 0. The van der Waals surface area contributed by atoms with Crippen molar-refractivity contribution in [3.63, 3.8) is 0 Å². The fraction of sp³-hybridized carbons (Fsp3) is 0.769. The van der Waals surface area contributed by atoms with E-state index in [9.17, 15) is 4.79 Å². The van der Waals surface area contributed by atoms with Crippen LogP contribution < -0.4 is 0 Å². The molecular weight excluding hydrogens is 216 g/mol. The third-order valence-electron chi connectivity index (χ3n) is 2.86. The molecule has 0 aromatic heterocycles. The van der Waals surface area contributed by atoms with E-state index < -0.39 is 8.07 Å². The van der Waals surface area contributed by atoms with Crippen molar-refractivity contribution in [1.82, 2.24) is 0 Å². The van der Waals surface area contributed by atoms with E-state index in [2.05, 4.69) is 26.2 Å². The van der Waals surface area contributed by atoms with E-state index in [1.54, 1.807) is 0 Å². The SMILES string of the molecule is C=C(C[Si](C)(C)C)C(=O)OC1CCCCC1. The molecule has 16 heavy (non-hydrogen) atoms. The summed E-state index contributed by atoms with van der Waals surface area (Å²) in [5, 5.41) is 0. The van der Waals surface area contributed by atoms with Gasteiger partial charge in [0.05, 0.1) is 0 Å². The van der Waals surface area contributed by atoms with Crippen LogP contribution in [0.2, 0.25) is 25.7 Å². The third kappa shape index (κ3) is 4.97. The van der Waals surface area contributed by atoms with Gasteiger partial charge in [0.1, 0.15) is 6.10 Å². The van der Waals surface area contributed by atoms with Gasteiger partial charge in [0, 0.05) is 13.6 Å². The number of ether oxygens (including phenoxy) is 1. The van der Waals surface area contributed by atoms with Crippen molar-refractivity contribution in [3.8, 4) is 0 Å². The van der Waals surface area contributed by atoms with Crippen molar-refractivity contribution in [3.05, 3.63) is 12.2 Å². The Kier molecular flexibility index (Phi) is 4.78. The molecule has 1 fully saturated rings. The number of esters is 1. The van der Waals surface area contributed by atoms with Crippen molar-refractivity contribution in [2.75, 3.05) is 0 Å². The highest BCUT2D eigenvalue weighted by atomic mass is 28.3. The lowest BCUT2D eigenvalue weighted by Gasteiger charge is -2.23. The van der Waals surface area contributed by atoms with Gasteiger partial charge in [0.25, 0.3) is 0 Å². The molecule has 0 heterocycles. The molecule has 1 aliphatic rings. The van der Waals surface area contributed by atoms with Crippen LogP contribution in [0.15, 0.2) is 12.2 Å². The zero-order chi connectivity index (χ0) is 12.2. The van der Waals surface area contributed by atoms with E-state index in [4.69, 9.17) is 4.74 Å². The maximum atomic E-state index is 11.8. The van der Waals surface area contributed by atoms with Crippen LogP contribution in [0.5, 0.6) is 0 Å². The Balaban J connectivity index is 2.36. The fourth-order valence-electron chi connectivity index (χ4n) is 2.13. The maximum absolute atomic E-state index is 11.8. The molecule has 0 N–H and O–H groups in total. The summed E-state index contributed by atoms with van der Waals surface area (Å²) in [5.74, 6) is -0.158. The number of hydrogen-bond acceptors (Lipinski definition) is 2. The summed E-state index contributed by atoms with van der Waals surface area (Å²) in [4.78, 5) is 11.8. The lowest BCUT2D eigenvalue weighted by Crippen LogP contribution is -2.26. The van der Waals surface area contributed by atoms with Gasteiger partial charge in [-0.15, -0.1) is 0 Å². The van der Waals surface area contributed by atoms with E-state index in [0.29, 0.717) is 5.57 Å². The van der Waals surface area contributed by atoms with E-state index in [1.807, 2.05) is 0 Å². The minimum Gasteiger partial charge on any atom is -0.459 e. The zero-order valence-corrected chi connectivity index (χ0v) is 11.8. The minimum absolute atomic E-state index is 0.152. The Hall–Kier alpha value is -0.573. The quantitative estimate of drug-likeness (QED) is 0.425. The highest BCUT2D eigenvalue weighted by Gasteiger charge is 2.23. The summed E-state index contributed by atoms with van der Waals surface area (Å²) >= 11 is 0. The van der Waals surface area contributed by atoms with Gasteiger partial charge in [0.2, 0.25) is 0 Å². The van der Waals surface area contributed by atoms with Crippen molar-refractivity contribution >= 4 is 14.0 Å². The first kappa shape index (κ1) is 13.5. The zero-order valence-electron chi connectivity index (χ0n) is 10.8. The lowest BCUT2D eigenvalue weighted by atomic mass is 9.98. The van der Waals surface area contributed by atoms with Crippen LogP contribution >= 0.6 is 0 Å². The van der Waals surface area contributed by atoms with Crippen LogP contribution in [-0.2, 0) is 9.53 Å². The molecule has 0 unspecified atom stereocenters. The number of rotatable bonds is 4. The molecule has 0 bridgehead atoms. The second kappa shape index (κ2) is 5.67. The first-order valence-electron chi connectivity index (χ1n) is 6.27. The molecule has 92 valence electrons. The van der Waals surface area contributed by atoms with Gasteiger partial charge < -0.3 is 4.74 Å². The molecule has 0 spiro atoms. The summed E-state index contributed by atoms with van der Waals surface area (Å²) in [6, 6.07) is 0.846. The summed E-state index contributed by atoms with van der Waals surface area (Å²) in [6.45, 7) is 10.6. The summed E-state index contributed by atoms with van der Waals surface area (Å²) in [6.07, 6.45) is 5.89. The van der Waals surface area contributed by atoms with Crippen LogP contribution in [0.3, 0.4) is 0 Å². The molecule has 3 heteroatoms. The monoisotopic (exact) mass is 240 g/mol. The van der Waals surface area contributed by atoms with Crippen molar-refractivity contribution in [2.45, 2.75) is 63.9 Å². The van der Waals surface area contributed by atoms with Crippen molar-refractivity contribution < 1.29 is 9.53 Å². The van der Waals surface area contributed by atoms with Gasteiger partial charge in [-0.25, -0.2) is 4.79 Å². The fourth-order valence-corrected chi connectivity index (χ4v) is 3.55. The van der Waals surface area contributed by atoms with Gasteiger partial charge in [-0.3, -0.25) is 0 Å². The topological polar surface area (TPSA) is 26.3 Å². The van der Waals surface area contributed by atoms with Gasteiger partial charge >= 0.3 is 5.97 Å². The van der Waals surface area contributed by atoms with Crippen LogP contribution in [-0.4, -0.2) is 20.1 Å². The van der Waals surface area contributed by atoms with Crippen LogP contribution in [0.1, 0.15) is 32.1 Å². The highest BCUT2D eigenvalue weighted by Crippen LogP contribution is 2.22. The Labute approximate surface area is 100 Å². The second-order valence-corrected chi connectivity index (χ2v) is 11.5. The van der Waals surface area contributed by atoms with Crippen LogP contribution in [0.25, 0.3) is 0 Å². The predicted molar refractivity (Wildman–Crippen MR) is 70.3 cm³/mol. The molecule has 0 aromatic carbocycles. The average molecular weight is 240 g/mol. The largest absolute Gasteiger partial charge is 0.459 e. The number of carbonyl (C=O) groups excluding carboxylic acids is 1. The second-order valence-electron chi connectivity index (χ2n) is 6.01. The standard InChI is InChI=1S/C13H24O2Si/c1-11(10-16(2,3)4)13(14)15-12-8-6-5-7-9-12/h12H,1,5-10H2,2-4H3. The first-order valence-corrected chi connectivity index (χ1v) is 9.98. The van der Waals surface area contributed by atoms with Gasteiger partial charge in [-0.1, -0.05) is 32.6 Å². The lowest BCUT2D eigenvalue weighted by molar-refractivity contribution is -0.145. The van der Waals surface area contributed by atoms with Crippen LogP contribution in [0, 0.1) is 0 Å². The molecule has 0 radical (unpaired) electrons. The van der Waals surface area contributed by atoms with E-state index in [1.165, 1.54) is 19.3 Å². The molecule has 0 atom stereocenters. The van der Waals surface area contributed by atoms with Gasteiger partial charge in [-0.2, -0.15) is 0 Å². The first-order chi connectivity index (χ1) is 7.38. The van der Waals surface area contributed by atoms with Crippen molar-refractivity contribution in [1.29, 1.82) is 0 Å². The normalized spacial score (nSPS) is 18.2.